The van der Waals surface area contributed by atoms with Gasteiger partial charge < -0.3 is 0 Å². The SMILES string of the molecule is CC(C)(CC(=O)c1cc(-c2ccc(Cl)cc2)cc(-n2nnnc2C(F)(F)F)c1)C(F)(F)F. The zero-order valence-electron chi connectivity index (χ0n) is 16.6. The second-order valence-electron chi connectivity index (χ2n) is 7.67. The van der Waals surface area contributed by atoms with Crippen molar-refractivity contribution in [3.63, 3.8) is 0 Å². The van der Waals surface area contributed by atoms with Gasteiger partial charge in [0.05, 0.1) is 11.1 Å². The Bertz CT molecular complexity index is 1140. The summed E-state index contributed by atoms with van der Waals surface area (Å²) >= 11 is 5.86. The van der Waals surface area contributed by atoms with E-state index in [2.05, 4.69) is 15.5 Å². The minimum Gasteiger partial charge on any atom is -0.294 e. The number of carbonyl (C=O) groups is 1. The second kappa shape index (κ2) is 8.19. The maximum absolute atomic E-state index is 13.3. The van der Waals surface area contributed by atoms with Crippen LogP contribution in [0.3, 0.4) is 0 Å². The standard InChI is InChI=1S/C20H15ClF6N4O/c1-18(2,20(25,26)27)10-16(32)13-7-12(11-3-5-14(21)6-4-11)8-15(9-13)31-17(19(22,23)24)28-29-30-31/h3-9H,10H2,1-2H3. The van der Waals surface area contributed by atoms with Gasteiger partial charge >= 0.3 is 12.4 Å². The number of nitrogens with zero attached hydrogens (tertiary/aromatic N) is 4. The van der Waals surface area contributed by atoms with E-state index in [9.17, 15) is 31.1 Å². The maximum atomic E-state index is 13.3. The molecule has 170 valence electrons. The summed E-state index contributed by atoms with van der Waals surface area (Å²) in [4.78, 5) is 12.7. The molecule has 0 bridgehead atoms. The molecule has 0 aliphatic rings. The monoisotopic (exact) mass is 476 g/mol. The van der Waals surface area contributed by atoms with E-state index in [1.807, 2.05) is 0 Å². The lowest BCUT2D eigenvalue weighted by Crippen LogP contribution is -2.34. The minimum absolute atomic E-state index is 0.214. The largest absolute Gasteiger partial charge is 0.453 e. The van der Waals surface area contributed by atoms with Gasteiger partial charge in [-0.1, -0.05) is 37.6 Å². The number of alkyl halides is 6. The number of Topliss-reactive ketones (excluding diaryl/α,β-unsaturated/α-hetero) is 1. The van der Waals surface area contributed by atoms with E-state index in [1.165, 1.54) is 24.3 Å². The fraction of sp³-hybridized carbons (Fsp3) is 0.300. The second-order valence-corrected chi connectivity index (χ2v) is 8.11. The number of benzene rings is 2. The van der Waals surface area contributed by atoms with Crippen LogP contribution in [0.5, 0.6) is 0 Å². The van der Waals surface area contributed by atoms with E-state index < -0.39 is 35.8 Å². The summed E-state index contributed by atoms with van der Waals surface area (Å²) in [6, 6.07) is 9.78. The molecule has 0 aliphatic carbocycles. The third kappa shape index (κ3) is 4.93. The molecule has 2 aromatic carbocycles. The Morgan fingerprint density at radius 2 is 1.59 bits per heavy atom. The molecule has 0 amide bonds. The summed E-state index contributed by atoms with van der Waals surface area (Å²) in [6.45, 7) is 1.75. The molecule has 1 aromatic heterocycles. The fourth-order valence-electron chi connectivity index (χ4n) is 2.84. The van der Waals surface area contributed by atoms with E-state index in [0.717, 1.165) is 19.9 Å². The summed E-state index contributed by atoms with van der Waals surface area (Å²) in [7, 11) is 0. The molecule has 0 saturated heterocycles. The summed E-state index contributed by atoms with van der Waals surface area (Å²) in [6.07, 6.45) is -10.5. The molecule has 3 rings (SSSR count). The maximum Gasteiger partial charge on any atom is 0.453 e. The van der Waals surface area contributed by atoms with Crippen molar-refractivity contribution in [1.29, 1.82) is 0 Å². The molecule has 0 spiro atoms. The molecular formula is C20H15ClF6N4O. The predicted molar refractivity (Wildman–Crippen MR) is 103 cm³/mol. The van der Waals surface area contributed by atoms with Gasteiger partial charge in [0.25, 0.3) is 5.82 Å². The van der Waals surface area contributed by atoms with Gasteiger partial charge in [0.15, 0.2) is 5.78 Å². The number of hydrogen-bond donors (Lipinski definition) is 0. The van der Waals surface area contributed by atoms with Crippen LogP contribution in [0.4, 0.5) is 26.3 Å². The highest BCUT2D eigenvalue weighted by Crippen LogP contribution is 2.41. The van der Waals surface area contributed by atoms with Crippen molar-refractivity contribution in [3.05, 3.63) is 58.9 Å². The van der Waals surface area contributed by atoms with Gasteiger partial charge in [0.2, 0.25) is 0 Å². The third-order valence-electron chi connectivity index (χ3n) is 4.75. The number of ketones is 1. The molecule has 0 atom stereocenters. The molecule has 1 heterocycles. The van der Waals surface area contributed by atoms with Gasteiger partial charge in [-0.2, -0.15) is 31.0 Å². The lowest BCUT2D eigenvalue weighted by atomic mass is 9.84. The van der Waals surface area contributed by atoms with Gasteiger partial charge in [0, 0.05) is 17.0 Å². The fourth-order valence-corrected chi connectivity index (χ4v) is 2.97. The molecule has 0 saturated carbocycles. The average Bonchev–Trinajstić information content (AvgIpc) is 3.17. The first kappa shape index (κ1) is 23.7. The van der Waals surface area contributed by atoms with Crippen LogP contribution in [0.25, 0.3) is 16.8 Å². The van der Waals surface area contributed by atoms with Crippen molar-refractivity contribution in [2.45, 2.75) is 32.6 Å². The van der Waals surface area contributed by atoms with Crippen molar-refractivity contribution < 1.29 is 31.1 Å². The summed E-state index contributed by atoms with van der Waals surface area (Å²) in [5.74, 6) is -2.34. The molecule has 0 N–H and O–H groups in total. The van der Waals surface area contributed by atoms with Crippen molar-refractivity contribution >= 4 is 17.4 Å². The van der Waals surface area contributed by atoms with Crippen molar-refractivity contribution in [1.82, 2.24) is 20.2 Å². The van der Waals surface area contributed by atoms with E-state index in [4.69, 9.17) is 11.6 Å². The van der Waals surface area contributed by atoms with E-state index in [1.54, 1.807) is 12.1 Å². The molecule has 3 aromatic rings. The Hall–Kier alpha value is -2.95. The van der Waals surface area contributed by atoms with Crippen LogP contribution in [-0.4, -0.2) is 32.2 Å². The Morgan fingerprint density at radius 1 is 0.969 bits per heavy atom. The van der Waals surface area contributed by atoms with Crippen LogP contribution in [0.2, 0.25) is 5.02 Å². The van der Waals surface area contributed by atoms with Crippen LogP contribution in [0.1, 0.15) is 36.5 Å². The van der Waals surface area contributed by atoms with Crippen molar-refractivity contribution in [2.24, 2.45) is 5.41 Å². The number of halogens is 7. The Balaban J connectivity index is 2.15. The summed E-state index contributed by atoms with van der Waals surface area (Å²) in [5, 5.41) is 9.74. The highest BCUT2D eigenvalue weighted by Gasteiger charge is 2.48. The zero-order chi connectivity index (χ0) is 23.9. The van der Waals surface area contributed by atoms with Crippen LogP contribution in [0.15, 0.2) is 42.5 Å². The average molecular weight is 477 g/mol. The number of rotatable bonds is 5. The van der Waals surface area contributed by atoms with Crippen molar-refractivity contribution in [3.8, 4) is 16.8 Å². The van der Waals surface area contributed by atoms with Crippen LogP contribution < -0.4 is 0 Å². The summed E-state index contributed by atoms with van der Waals surface area (Å²) in [5.41, 5.74) is -2.04. The van der Waals surface area contributed by atoms with E-state index >= 15 is 0 Å². The summed E-state index contributed by atoms with van der Waals surface area (Å²) < 4.78 is 80.0. The van der Waals surface area contributed by atoms with Crippen molar-refractivity contribution in [2.75, 3.05) is 0 Å². The molecule has 32 heavy (non-hydrogen) atoms. The van der Waals surface area contributed by atoms with Crippen LogP contribution in [-0.2, 0) is 6.18 Å². The normalized spacial score (nSPS) is 12.8. The molecule has 0 aliphatic heterocycles. The number of aromatic nitrogens is 4. The van der Waals surface area contributed by atoms with Gasteiger partial charge in [-0.05, 0) is 51.9 Å². The van der Waals surface area contributed by atoms with E-state index in [-0.39, 0.29) is 16.8 Å². The van der Waals surface area contributed by atoms with E-state index in [0.29, 0.717) is 15.3 Å². The number of hydrogen-bond acceptors (Lipinski definition) is 4. The topological polar surface area (TPSA) is 60.7 Å². The first-order valence-corrected chi connectivity index (χ1v) is 9.44. The third-order valence-corrected chi connectivity index (χ3v) is 5.01. The smallest absolute Gasteiger partial charge is 0.294 e. The lowest BCUT2D eigenvalue weighted by molar-refractivity contribution is -0.210. The lowest BCUT2D eigenvalue weighted by Gasteiger charge is -2.27. The number of carbonyl (C=O) groups excluding carboxylic acids is 1. The minimum atomic E-state index is -4.90. The Kier molecular flexibility index (Phi) is 6.07. The number of tetrazole rings is 1. The first-order chi connectivity index (χ1) is 14.7. The first-order valence-electron chi connectivity index (χ1n) is 9.06. The van der Waals surface area contributed by atoms with Gasteiger partial charge in [0.1, 0.15) is 0 Å². The molecular weight excluding hydrogens is 462 g/mol. The van der Waals surface area contributed by atoms with Gasteiger partial charge in [-0.15, -0.1) is 5.10 Å². The van der Waals surface area contributed by atoms with Gasteiger partial charge in [-0.25, -0.2) is 0 Å². The van der Waals surface area contributed by atoms with Crippen LogP contribution in [0, 0.1) is 5.41 Å². The molecule has 0 unspecified atom stereocenters. The quantitative estimate of drug-likeness (QED) is 0.327. The zero-order valence-corrected chi connectivity index (χ0v) is 17.3. The highest BCUT2D eigenvalue weighted by molar-refractivity contribution is 6.30. The highest BCUT2D eigenvalue weighted by atomic mass is 35.5. The molecule has 0 radical (unpaired) electrons. The van der Waals surface area contributed by atoms with Crippen LogP contribution >= 0.6 is 11.6 Å². The van der Waals surface area contributed by atoms with Gasteiger partial charge in [-0.3, -0.25) is 4.79 Å². The molecule has 12 heteroatoms. The molecule has 5 nitrogen and oxygen atoms in total. The predicted octanol–water partition coefficient (Wildman–Crippen LogP) is 6.16. The Labute approximate surface area is 183 Å². The Morgan fingerprint density at radius 3 is 2.16 bits per heavy atom. The molecule has 0 fully saturated rings.